The number of nitrogens with zero attached hydrogens (tertiary/aromatic N) is 1. The number of hydrogen-bond donors (Lipinski definition) is 3. The lowest BCUT2D eigenvalue weighted by molar-refractivity contribution is -0.141. The minimum absolute atomic E-state index is 0.135. The monoisotopic (exact) mass is 402 g/mol. The molecule has 2 rings (SSSR count). The highest BCUT2D eigenvalue weighted by molar-refractivity contribution is 6.06. The summed E-state index contributed by atoms with van der Waals surface area (Å²) in [6.07, 6.45) is 1.70. The summed E-state index contributed by atoms with van der Waals surface area (Å²) in [6.45, 7) is 8.66. The van der Waals surface area contributed by atoms with Crippen LogP contribution in [0.4, 0.5) is 5.69 Å². The van der Waals surface area contributed by atoms with Gasteiger partial charge in [0.1, 0.15) is 6.04 Å². The van der Waals surface area contributed by atoms with Crippen molar-refractivity contribution in [3.05, 3.63) is 29.8 Å². The number of primary amides is 1. The fourth-order valence-corrected chi connectivity index (χ4v) is 3.93. The zero-order valence-electron chi connectivity index (χ0n) is 18.1. The summed E-state index contributed by atoms with van der Waals surface area (Å²) in [5.74, 6) is -0.656. The van der Waals surface area contributed by atoms with Crippen molar-refractivity contribution >= 4 is 23.4 Å². The van der Waals surface area contributed by atoms with Gasteiger partial charge in [-0.25, -0.2) is 0 Å². The molecule has 1 aromatic rings. The second kappa shape index (κ2) is 9.39. The van der Waals surface area contributed by atoms with Crippen molar-refractivity contribution in [3.63, 3.8) is 0 Å². The van der Waals surface area contributed by atoms with E-state index in [2.05, 4.69) is 24.5 Å². The van der Waals surface area contributed by atoms with Gasteiger partial charge in [0, 0.05) is 12.7 Å². The number of likely N-dealkylation sites (N-methyl/N-ethyl adjacent to an activating group) is 1. The largest absolute Gasteiger partial charge is 0.368 e. The third-order valence-corrected chi connectivity index (χ3v) is 5.66. The van der Waals surface area contributed by atoms with Gasteiger partial charge in [0.05, 0.1) is 11.5 Å². The predicted molar refractivity (Wildman–Crippen MR) is 114 cm³/mol. The molecule has 0 aliphatic carbocycles. The fraction of sp³-hybridized carbons (Fsp3) is 0.591. The van der Waals surface area contributed by atoms with Crippen molar-refractivity contribution in [3.8, 4) is 0 Å². The minimum atomic E-state index is -0.935. The van der Waals surface area contributed by atoms with Gasteiger partial charge in [-0.15, -0.1) is 0 Å². The molecule has 0 radical (unpaired) electrons. The summed E-state index contributed by atoms with van der Waals surface area (Å²) in [4.78, 5) is 39.7. The normalized spacial score (nSPS) is 20.1. The SMILES string of the molecule is CCCN[C@@H](CC(C)C)C(=O)N(C)[C@@H](C[C@@]1(C)C(=O)Nc2ccccc21)C(N)=O. The number of fused-ring (bicyclic) bond motifs is 1. The Labute approximate surface area is 173 Å². The molecule has 3 atom stereocenters. The highest BCUT2D eigenvalue weighted by atomic mass is 16.2. The lowest BCUT2D eigenvalue weighted by atomic mass is 9.77. The molecule has 1 heterocycles. The average molecular weight is 403 g/mol. The molecule has 4 N–H and O–H groups in total. The first-order valence-electron chi connectivity index (χ1n) is 10.3. The van der Waals surface area contributed by atoms with E-state index >= 15 is 0 Å². The van der Waals surface area contributed by atoms with Crippen LogP contribution in [0.3, 0.4) is 0 Å². The first-order chi connectivity index (χ1) is 13.6. The molecule has 0 saturated heterocycles. The van der Waals surface area contributed by atoms with Crippen molar-refractivity contribution in [1.82, 2.24) is 10.2 Å². The van der Waals surface area contributed by atoms with Crippen LogP contribution in [0, 0.1) is 5.92 Å². The highest BCUT2D eigenvalue weighted by Gasteiger charge is 2.46. The van der Waals surface area contributed by atoms with E-state index in [4.69, 9.17) is 5.73 Å². The van der Waals surface area contributed by atoms with Gasteiger partial charge >= 0.3 is 0 Å². The summed E-state index contributed by atoms with van der Waals surface area (Å²) in [6, 6.07) is 6.14. The molecule has 0 aromatic heterocycles. The van der Waals surface area contributed by atoms with E-state index in [9.17, 15) is 14.4 Å². The summed E-state index contributed by atoms with van der Waals surface area (Å²) in [7, 11) is 1.60. The molecule has 7 nitrogen and oxygen atoms in total. The molecule has 0 fully saturated rings. The Morgan fingerprint density at radius 2 is 1.93 bits per heavy atom. The van der Waals surface area contributed by atoms with Crippen LogP contribution >= 0.6 is 0 Å². The van der Waals surface area contributed by atoms with Crippen molar-refractivity contribution in [2.45, 2.75) is 64.5 Å². The van der Waals surface area contributed by atoms with E-state index in [1.807, 2.05) is 31.2 Å². The number of nitrogens with two attached hydrogens (primary N) is 1. The molecule has 1 aliphatic heterocycles. The molecular formula is C22H34N4O3. The maximum Gasteiger partial charge on any atom is 0.240 e. The van der Waals surface area contributed by atoms with E-state index in [0.717, 1.165) is 17.7 Å². The Balaban J connectivity index is 2.27. The van der Waals surface area contributed by atoms with Crippen LogP contribution in [0.25, 0.3) is 0 Å². The van der Waals surface area contributed by atoms with Gasteiger partial charge in [0.15, 0.2) is 0 Å². The number of carbonyl (C=O) groups excluding carboxylic acids is 3. The van der Waals surface area contributed by atoms with Gasteiger partial charge in [0.2, 0.25) is 17.7 Å². The molecule has 3 amide bonds. The van der Waals surface area contributed by atoms with Crippen molar-refractivity contribution < 1.29 is 14.4 Å². The third kappa shape index (κ3) is 4.96. The van der Waals surface area contributed by atoms with E-state index < -0.39 is 17.4 Å². The Bertz CT molecular complexity index is 764. The molecule has 1 aromatic carbocycles. The van der Waals surface area contributed by atoms with E-state index in [-0.39, 0.29) is 24.3 Å². The van der Waals surface area contributed by atoms with Crippen LogP contribution in [0.15, 0.2) is 24.3 Å². The molecular weight excluding hydrogens is 368 g/mol. The predicted octanol–water partition coefficient (Wildman–Crippen LogP) is 2.01. The van der Waals surface area contributed by atoms with Gasteiger partial charge in [-0.2, -0.15) is 0 Å². The average Bonchev–Trinajstić information content (AvgIpc) is 2.92. The Kier molecular flexibility index (Phi) is 7.41. The summed E-state index contributed by atoms with van der Waals surface area (Å²) < 4.78 is 0. The Morgan fingerprint density at radius 3 is 2.52 bits per heavy atom. The van der Waals surface area contributed by atoms with E-state index in [1.165, 1.54) is 4.90 Å². The minimum Gasteiger partial charge on any atom is -0.368 e. The zero-order valence-corrected chi connectivity index (χ0v) is 18.1. The van der Waals surface area contributed by atoms with Crippen molar-refractivity contribution in [2.75, 3.05) is 18.9 Å². The first-order valence-corrected chi connectivity index (χ1v) is 10.3. The smallest absolute Gasteiger partial charge is 0.240 e. The third-order valence-electron chi connectivity index (χ3n) is 5.66. The van der Waals surface area contributed by atoms with E-state index in [0.29, 0.717) is 18.9 Å². The fourth-order valence-electron chi connectivity index (χ4n) is 3.93. The number of hydrogen-bond acceptors (Lipinski definition) is 4. The Morgan fingerprint density at radius 1 is 1.28 bits per heavy atom. The number of rotatable bonds is 10. The van der Waals surface area contributed by atoms with Crippen LogP contribution in [-0.4, -0.2) is 48.3 Å². The maximum absolute atomic E-state index is 13.2. The number of benzene rings is 1. The number of amides is 3. The van der Waals surface area contributed by atoms with Crippen LogP contribution in [-0.2, 0) is 19.8 Å². The van der Waals surface area contributed by atoms with Crippen LogP contribution in [0.5, 0.6) is 0 Å². The van der Waals surface area contributed by atoms with Gasteiger partial charge < -0.3 is 21.3 Å². The quantitative estimate of drug-likeness (QED) is 0.557. The molecule has 7 heteroatoms. The van der Waals surface area contributed by atoms with Gasteiger partial charge in [0.25, 0.3) is 0 Å². The van der Waals surface area contributed by atoms with Crippen molar-refractivity contribution in [1.29, 1.82) is 0 Å². The second-order valence-electron chi connectivity index (χ2n) is 8.54. The standard InChI is InChI=1S/C22H34N4O3/c1-6-11-24-17(12-14(2)3)20(28)26(5)18(19(23)27)13-22(4)15-9-7-8-10-16(15)25-21(22)29/h7-10,14,17-18,24H,6,11-13H2,1-5H3,(H2,23,27)(H,25,29)/t17-,18-,22+/m0/s1. The summed E-state index contributed by atoms with van der Waals surface area (Å²) >= 11 is 0. The molecule has 0 saturated carbocycles. The number of anilines is 1. The lowest BCUT2D eigenvalue weighted by Crippen LogP contribution is -2.55. The van der Waals surface area contributed by atoms with E-state index in [1.54, 1.807) is 14.0 Å². The summed E-state index contributed by atoms with van der Waals surface area (Å²) in [5.41, 5.74) is 6.31. The topological polar surface area (TPSA) is 105 Å². The zero-order chi connectivity index (χ0) is 21.8. The van der Waals surface area contributed by atoms with Gasteiger partial charge in [-0.05, 0) is 50.3 Å². The first kappa shape index (κ1) is 22.9. The number of nitrogens with one attached hydrogen (secondary N) is 2. The van der Waals surface area contributed by atoms with Gasteiger partial charge in [-0.3, -0.25) is 14.4 Å². The number of para-hydroxylation sites is 1. The molecule has 160 valence electrons. The van der Waals surface area contributed by atoms with Crippen molar-refractivity contribution in [2.24, 2.45) is 11.7 Å². The second-order valence-corrected chi connectivity index (χ2v) is 8.54. The highest BCUT2D eigenvalue weighted by Crippen LogP contribution is 2.41. The van der Waals surface area contributed by atoms with Crippen LogP contribution in [0.1, 0.15) is 52.5 Å². The molecule has 0 spiro atoms. The molecule has 29 heavy (non-hydrogen) atoms. The molecule has 0 bridgehead atoms. The van der Waals surface area contributed by atoms with Gasteiger partial charge in [-0.1, -0.05) is 39.0 Å². The molecule has 0 unspecified atom stereocenters. The number of carbonyl (C=O) groups is 3. The maximum atomic E-state index is 13.2. The van der Waals surface area contributed by atoms with Crippen LogP contribution < -0.4 is 16.4 Å². The Hall–Kier alpha value is -2.41. The molecule has 1 aliphatic rings. The van der Waals surface area contributed by atoms with Crippen LogP contribution in [0.2, 0.25) is 0 Å². The summed E-state index contributed by atoms with van der Waals surface area (Å²) in [5, 5.41) is 6.15. The lowest BCUT2D eigenvalue weighted by Gasteiger charge is -2.34.